The SMILES string of the molecule is CC(=O)CP(=O)(Oc1ccc(CCCCCC(C)C)cc1)Oc1ccc(CCCCCC(C)C)cc1. The Morgan fingerprint density at radius 3 is 1.39 bits per heavy atom. The molecule has 0 unspecified atom stereocenters. The van der Waals surface area contributed by atoms with Crippen molar-refractivity contribution in [2.24, 2.45) is 11.8 Å². The van der Waals surface area contributed by atoms with Gasteiger partial charge in [0.2, 0.25) is 0 Å². The molecule has 0 heterocycles. The molecule has 0 fully saturated rings. The summed E-state index contributed by atoms with van der Waals surface area (Å²) in [6.45, 7) is 10.5. The Kier molecular flexibility index (Phi) is 13.3. The van der Waals surface area contributed by atoms with Gasteiger partial charge in [0.05, 0.1) is 0 Å². The molecule has 5 heteroatoms. The van der Waals surface area contributed by atoms with E-state index in [1.165, 1.54) is 56.6 Å². The zero-order valence-electron chi connectivity index (χ0n) is 23.1. The number of rotatable bonds is 18. The van der Waals surface area contributed by atoms with Crippen molar-refractivity contribution < 1.29 is 18.4 Å². The van der Waals surface area contributed by atoms with Crippen LogP contribution in [0.25, 0.3) is 0 Å². The van der Waals surface area contributed by atoms with E-state index in [9.17, 15) is 9.36 Å². The Labute approximate surface area is 219 Å². The minimum Gasteiger partial charge on any atom is -0.416 e. The number of benzene rings is 2. The molecule has 0 spiro atoms. The molecule has 2 aromatic carbocycles. The number of aryl methyl sites for hydroxylation is 2. The van der Waals surface area contributed by atoms with Gasteiger partial charge in [0.25, 0.3) is 0 Å². The van der Waals surface area contributed by atoms with E-state index >= 15 is 0 Å². The predicted molar refractivity (Wildman–Crippen MR) is 151 cm³/mol. The number of unbranched alkanes of at least 4 members (excludes halogenated alkanes) is 4. The first-order chi connectivity index (χ1) is 17.1. The van der Waals surface area contributed by atoms with E-state index in [0.29, 0.717) is 11.5 Å². The summed E-state index contributed by atoms with van der Waals surface area (Å²) >= 11 is 0. The van der Waals surface area contributed by atoms with Crippen LogP contribution in [-0.4, -0.2) is 11.9 Å². The van der Waals surface area contributed by atoms with Crippen LogP contribution in [0.5, 0.6) is 11.5 Å². The van der Waals surface area contributed by atoms with Crippen molar-refractivity contribution in [2.75, 3.05) is 6.16 Å². The molecule has 0 aromatic heterocycles. The highest BCUT2D eigenvalue weighted by molar-refractivity contribution is 7.55. The van der Waals surface area contributed by atoms with Gasteiger partial charge in [-0.1, -0.05) is 90.5 Å². The molecule has 0 N–H and O–H groups in total. The molecule has 2 aromatic rings. The van der Waals surface area contributed by atoms with E-state index in [1.807, 2.05) is 48.5 Å². The van der Waals surface area contributed by atoms with Crippen LogP contribution >= 0.6 is 7.60 Å². The Hall–Kier alpha value is -2.06. The van der Waals surface area contributed by atoms with Gasteiger partial charge in [0, 0.05) is 0 Å². The Morgan fingerprint density at radius 2 is 1.06 bits per heavy atom. The van der Waals surface area contributed by atoms with Crippen molar-refractivity contribution in [1.82, 2.24) is 0 Å². The summed E-state index contributed by atoms with van der Waals surface area (Å²) in [7, 11) is -3.68. The Morgan fingerprint density at radius 1 is 0.667 bits per heavy atom. The highest BCUT2D eigenvalue weighted by Crippen LogP contribution is 2.48. The van der Waals surface area contributed by atoms with Gasteiger partial charge < -0.3 is 9.05 Å². The normalized spacial score (nSPS) is 11.8. The van der Waals surface area contributed by atoms with Crippen LogP contribution in [0.4, 0.5) is 0 Å². The number of carbonyl (C=O) groups excluding carboxylic acids is 1. The van der Waals surface area contributed by atoms with Crippen molar-refractivity contribution in [3.05, 3.63) is 59.7 Å². The zero-order valence-corrected chi connectivity index (χ0v) is 24.0. The fourth-order valence-electron chi connectivity index (χ4n) is 4.23. The average Bonchev–Trinajstić information content (AvgIpc) is 2.79. The van der Waals surface area contributed by atoms with E-state index < -0.39 is 7.60 Å². The first-order valence-electron chi connectivity index (χ1n) is 13.8. The molecule has 0 atom stereocenters. The highest BCUT2D eigenvalue weighted by atomic mass is 31.2. The summed E-state index contributed by atoms with van der Waals surface area (Å²) in [5.74, 6) is 2.21. The summed E-state index contributed by atoms with van der Waals surface area (Å²) in [4.78, 5) is 11.8. The quantitative estimate of drug-likeness (QED) is 0.147. The highest BCUT2D eigenvalue weighted by Gasteiger charge is 2.30. The van der Waals surface area contributed by atoms with E-state index in [1.54, 1.807) is 0 Å². The second kappa shape index (κ2) is 15.9. The molecule has 2 rings (SSSR count). The van der Waals surface area contributed by atoms with Gasteiger partial charge >= 0.3 is 7.60 Å². The lowest BCUT2D eigenvalue weighted by molar-refractivity contribution is -0.114. The molecule has 0 amide bonds. The minimum atomic E-state index is -3.68. The summed E-state index contributed by atoms with van der Waals surface area (Å²) < 4.78 is 25.1. The molecule has 4 nitrogen and oxygen atoms in total. The average molecular weight is 515 g/mol. The fourth-order valence-corrected chi connectivity index (χ4v) is 5.83. The molecule has 0 radical (unpaired) electrons. The third kappa shape index (κ3) is 12.8. The topological polar surface area (TPSA) is 52.6 Å². The molecule has 200 valence electrons. The summed E-state index contributed by atoms with van der Waals surface area (Å²) in [5.41, 5.74) is 2.46. The zero-order chi connectivity index (χ0) is 26.4. The second-order valence-electron chi connectivity index (χ2n) is 10.9. The smallest absolute Gasteiger partial charge is 0.416 e. The van der Waals surface area contributed by atoms with Crippen molar-refractivity contribution in [3.8, 4) is 11.5 Å². The van der Waals surface area contributed by atoms with Gasteiger partial charge in [0.15, 0.2) is 0 Å². The van der Waals surface area contributed by atoms with Gasteiger partial charge in [-0.3, -0.25) is 4.79 Å². The molecule has 0 aliphatic rings. The van der Waals surface area contributed by atoms with Gasteiger partial charge in [-0.05, 0) is 79.8 Å². The maximum absolute atomic E-state index is 13.5. The van der Waals surface area contributed by atoms with Crippen LogP contribution in [0.3, 0.4) is 0 Å². The summed E-state index contributed by atoms with van der Waals surface area (Å²) in [6.07, 6.45) is 11.6. The number of carbonyl (C=O) groups is 1. The van der Waals surface area contributed by atoms with Crippen LogP contribution < -0.4 is 9.05 Å². The van der Waals surface area contributed by atoms with Gasteiger partial charge in [-0.15, -0.1) is 0 Å². The van der Waals surface area contributed by atoms with E-state index in [4.69, 9.17) is 9.05 Å². The maximum Gasteiger partial charge on any atom is 0.438 e. The van der Waals surface area contributed by atoms with Crippen molar-refractivity contribution >= 4 is 13.4 Å². The van der Waals surface area contributed by atoms with Crippen LogP contribution in [0.2, 0.25) is 0 Å². The van der Waals surface area contributed by atoms with Gasteiger partial charge in [-0.2, -0.15) is 0 Å². The molecule has 0 bridgehead atoms. The first kappa shape index (κ1) is 30.2. The molecular weight excluding hydrogens is 467 g/mol. The number of Topliss-reactive ketones (excluding diaryl/α,β-unsaturated/α-hetero) is 1. The number of hydrogen-bond acceptors (Lipinski definition) is 4. The van der Waals surface area contributed by atoms with Crippen molar-refractivity contribution in [2.45, 2.75) is 98.8 Å². The lowest BCUT2D eigenvalue weighted by Crippen LogP contribution is -2.10. The van der Waals surface area contributed by atoms with Crippen LogP contribution in [0.1, 0.15) is 97.1 Å². The standard InChI is InChI=1S/C31H47O4P/c1-25(2)12-8-6-10-14-28-16-20-30(21-17-28)34-36(33,24-27(5)32)35-31-22-18-29(19-23-31)15-11-7-9-13-26(3)4/h16-23,25-26H,6-15,24H2,1-5H3. The van der Waals surface area contributed by atoms with Gasteiger partial charge in [-0.25, -0.2) is 4.57 Å². The first-order valence-corrected chi connectivity index (χ1v) is 15.5. The largest absolute Gasteiger partial charge is 0.438 e. The molecule has 0 aliphatic heterocycles. The summed E-state index contributed by atoms with van der Waals surface area (Å²) in [5, 5.41) is 0. The van der Waals surface area contributed by atoms with Crippen LogP contribution in [0, 0.1) is 11.8 Å². The number of ketones is 1. The van der Waals surface area contributed by atoms with E-state index in [0.717, 1.165) is 37.5 Å². The molecule has 36 heavy (non-hydrogen) atoms. The fraction of sp³-hybridized carbons (Fsp3) is 0.581. The van der Waals surface area contributed by atoms with Gasteiger partial charge in [0.1, 0.15) is 23.4 Å². The third-order valence-electron chi connectivity index (χ3n) is 6.25. The monoisotopic (exact) mass is 514 g/mol. The molecular formula is C31H47O4P. The lowest BCUT2D eigenvalue weighted by atomic mass is 10.0. The van der Waals surface area contributed by atoms with Crippen LogP contribution in [0.15, 0.2) is 48.5 Å². The molecule has 0 aliphatic carbocycles. The van der Waals surface area contributed by atoms with E-state index in [2.05, 4.69) is 27.7 Å². The van der Waals surface area contributed by atoms with Crippen molar-refractivity contribution in [1.29, 1.82) is 0 Å². The Balaban J connectivity index is 1.90. The number of hydrogen-bond donors (Lipinski definition) is 0. The Bertz CT molecular complexity index is 865. The molecule has 0 saturated carbocycles. The lowest BCUT2D eigenvalue weighted by Gasteiger charge is -2.19. The minimum absolute atomic E-state index is 0.227. The third-order valence-corrected chi connectivity index (χ3v) is 8.06. The predicted octanol–water partition coefficient (Wildman–Crippen LogP) is 9.44. The maximum atomic E-state index is 13.5. The van der Waals surface area contributed by atoms with Crippen LogP contribution in [-0.2, 0) is 22.2 Å². The second-order valence-corrected chi connectivity index (χ2v) is 12.8. The molecule has 0 saturated heterocycles. The summed E-state index contributed by atoms with van der Waals surface area (Å²) in [6, 6.07) is 15.3. The van der Waals surface area contributed by atoms with Crippen molar-refractivity contribution in [3.63, 3.8) is 0 Å². The van der Waals surface area contributed by atoms with E-state index in [-0.39, 0.29) is 11.9 Å².